The molecular formula is C21H33N5O2. The van der Waals surface area contributed by atoms with Gasteiger partial charge in [0.05, 0.1) is 6.54 Å². The van der Waals surface area contributed by atoms with Gasteiger partial charge < -0.3 is 14.8 Å². The molecule has 1 atom stereocenters. The molecule has 1 saturated heterocycles. The van der Waals surface area contributed by atoms with Crippen molar-refractivity contribution >= 4 is 11.8 Å². The lowest BCUT2D eigenvalue weighted by Crippen LogP contribution is -2.46. The van der Waals surface area contributed by atoms with Crippen molar-refractivity contribution < 1.29 is 9.59 Å². The minimum atomic E-state index is 0.0319. The van der Waals surface area contributed by atoms with Crippen LogP contribution in [0.3, 0.4) is 0 Å². The molecule has 0 radical (unpaired) electrons. The zero-order valence-electron chi connectivity index (χ0n) is 16.9. The van der Waals surface area contributed by atoms with E-state index < -0.39 is 0 Å². The summed E-state index contributed by atoms with van der Waals surface area (Å²) in [6, 6.07) is 0. The number of hydrogen-bond donors (Lipinski definition) is 1. The van der Waals surface area contributed by atoms with Gasteiger partial charge in [-0.25, -0.2) is 0 Å². The first-order valence-electron chi connectivity index (χ1n) is 11.2. The quantitative estimate of drug-likeness (QED) is 0.860. The van der Waals surface area contributed by atoms with Gasteiger partial charge in [-0.05, 0) is 38.5 Å². The summed E-state index contributed by atoms with van der Waals surface area (Å²) in [6.45, 7) is 2.59. The van der Waals surface area contributed by atoms with E-state index in [9.17, 15) is 9.59 Å². The SMILES string of the molecule is O=C(NCC(=O)N1CCCC(c2nnc3n2CCCCC3)C1)C1CCCCC1. The minimum absolute atomic E-state index is 0.0319. The number of amides is 2. The lowest BCUT2D eigenvalue weighted by Gasteiger charge is -2.32. The number of aryl methyl sites for hydroxylation is 1. The first-order chi connectivity index (χ1) is 13.7. The molecule has 3 heterocycles. The van der Waals surface area contributed by atoms with E-state index >= 15 is 0 Å². The van der Waals surface area contributed by atoms with E-state index in [1.165, 1.54) is 25.7 Å². The van der Waals surface area contributed by atoms with Gasteiger partial charge in [-0.1, -0.05) is 25.7 Å². The average molecular weight is 388 g/mol. The number of carbonyl (C=O) groups is 2. The van der Waals surface area contributed by atoms with Crippen LogP contribution in [0.2, 0.25) is 0 Å². The van der Waals surface area contributed by atoms with Crippen LogP contribution >= 0.6 is 0 Å². The fourth-order valence-corrected chi connectivity index (χ4v) is 5.01. The average Bonchev–Trinajstić information content (AvgIpc) is 3.00. The second kappa shape index (κ2) is 9.05. The van der Waals surface area contributed by atoms with Gasteiger partial charge in [0, 0.05) is 37.9 Å². The number of hydrogen-bond acceptors (Lipinski definition) is 4. The van der Waals surface area contributed by atoms with Gasteiger partial charge in [0.25, 0.3) is 0 Å². The molecule has 154 valence electrons. The fourth-order valence-electron chi connectivity index (χ4n) is 5.01. The molecule has 1 unspecified atom stereocenters. The number of nitrogens with one attached hydrogen (secondary N) is 1. The lowest BCUT2D eigenvalue weighted by molar-refractivity contribution is -0.135. The molecule has 7 heteroatoms. The Balaban J connectivity index is 1.33. The maximum Gasteiger partial charge on any atom is 0.241 e. The Morgan fingerprint density at radius 3 is 2.61 bits per heavy atom. The molecule has 1 aromatic rings. The van der Waals surface area contributed by atoms with Crippen molar-refractivity contribution in [3.8, 4) is 0 Å². The second-order valence-corrected chi connectivity index (χ2v) is 8.67. The van der Waals surface area contributed by atoms with Gasteiger partial charge in [0.1, 0.15) is 11.6 Å². The Bertz CT molecular complexity index is 695. The smallest absolute Gasteiger partial charge is 0.241 e. The van der Waals surface area contributed by atoms with Gasteiger partial charge >= 0.3 is 0 Å². The number of piperidine rings is 1. The molecular weight excluding hydrogens is 354 g/mol. The summed E-state index contributed by atoms with van der Waals surface area (Å²) in [5.41, 5.74) is 0. The van der Waals surface area contributed by atoms with Crippen LogP contribution < -0.4 is 5.32 Å². The van der Waals surface area contributed by atoms with Crippen molar-refractivity contribution in [1.82, 2.24) is 25.0 Å². The van der Waals surface area contributed by atoms with E-state index in [-0.39, 0.29) is 30.2 Å². The molecule has 3 aliphatic rings. The highest BCUT2D eigenvalue weighted by molar-refractivity contribution is 5.86. The second-order valence-electron chi connectivity index (χ2n) is 8.67. The number of carbonyl (C=O) groups excluding carboxylic acids is 2. The molecule has 1 saturated carbocycles. The predicted octanol–water partition coefficient (Wildman–Crippen LogP) is 2.41. The number of rotatable bonds is 4. The van der Waals surface area contributed by atoms with Crippen molar-refractivity contribution in [3.63, 3.8) is 0 Å². The number of likely N-dealkylation sites (tertiary alicyclic amines) is 1. The molecule has 28 heavy (non-hydrogen) atoms. The van der Waals surface area contributed by atoms with Crippen molar-refractivity contribution in [2.24, 2.45) is 5.92 Å². The monoisotopic (exact) mass is 387 g/mol. The maximum atomic E-state index is 12.7. The van der Waals surface area contributed by atoms with E-state index in [1.807, 2.05) is 4.90 Å². The first-order valence-corrected chi connectivity index (χ1v) is 11.2. The van der Waals surface area contributed by atoms with Crippen molar-refractivity contribution in [2.75, 3.05) is 19.6 Å². The largest absolute Gasteiger partial charge is 0.347 e. The molecule has 2 amide bonds. The van der Waals surface area contributed by atoms with Crippen LogP contribution in [0, 0.1) is 5.92 Å². The molecule has 0 aromatic carbocycles. The number of nitrogens with zero attached hydrogens (tertiary/aromatic N) is 4. The van der Waals surface area contributed by atoms with Crippen molar-refractivity contribution in [3.05, 3.63) is 11.6 Å². The molecule has 4 rings (SSSR count). The molecule has 2 aliphatic heterocycles. The third kappa shape index (κ3) is 4.39. The summed E-state index contributed by atoms with van der Waals surface area (Å²) < 4.78 is 2.30. The van der Waals surface area contributed by atoms with E-state index in [1.54, 1.807) is 0 Å². The highest BCUT2D eigenvalue weighted by Gasteiger charge is 2.30. The summed E-state index contributed by atoms with van der Waals surface area (Å²) in [4.78, 5) is 26.9. The third-order valence-corrected chi connectivity index (χ3v) is 6.67. The summed E-state index contributed by atoms with van der Waals surface area (Å²) in [5.74, 6) is 2.61. The Morgan fingerprint density at radius 1 is 0.929 bits per heavy atom. The van der Waals surface area contributed by atoms with E-state index in [4.69, 9.17) is 0 Å². The molecule has 7 nitrogen and oxygen atoms in total. The van der Waals surface area contributed by atoms with Gasteiger partial charge in [-0.15, -0.1) is 10.2 Å². The Hall–Kier alpha value is -1.92. The van der Waals surface area contributed by atoms with Crippen molar-refractivity contribution in [1.29, 1.82) is 0 Å². The maximum absolute atomic E-state index is 12.7. The Morgan fingerprint density at radius 2 is 1.75 bits per heavy atom. The zero-order valence-corrected chi connectivity index (χ0v) is 16.9. The molecule has 0 bridgehead atoms. The van der Waals surface area contributed by atoms with Crippen LogP contribution in [0.1, 0.15) is 81.8 Å². The molecule has 0 spiro atoms. The summed E-state index contributed by atoms with van der Waals surface area (Å²) in [7, 11) is 0. The molecule has 2 fully saturated rings. The molecule has 1 aliphatic carbocycles. The van der Waals surface area contributed by atoms with Crippen LogP contribution in [-0.4, -0.2) is 51.1 Å². The minimum Gasteiger partial charge on any atom is -0.347 e. The third-order valence-electron chi connectivity index (χ3n) is 6.67. The highest BCUT2D eigenvalue weighted by atomic mass is 16.2. The van der Waals surface area contributed by atoms with Gasteiger partial charge in [-0.2, -0.15) is 0 Å². The van der Waals surface area contributed by atoms with Crippen LogP contribution in [0.25, 0.3) is 0 Å². The molecule has 1 N–H and O–H groups in total. The van der Waals surface area contributed by atoms with Gasteiger partial charge in [-0.3, -0.25) is 9.59 Å². The van der Waals surface area contributed by atoms with E-state index in [0.29, 0.717) is 6.54 Å². The number of aromatic nitrogens is 3. The van der Waals surface area contributed by atoms with Gasteiger partial charge in [0.2, 0.25) is 11.8 Å². The number of fused-ring (bicyclic) bond motifs is 1. The van der Waals surface area contributed by atoms with E-state index in [0.717, 1.165) is 69.7 Å². The van der Waals surface area contributed by atoms with Crippen LogP contribution in [0.4, 0.5) is 0 Å². The summed E-state index contributed by atoms with van der Waals surface area (Å²) >= 11 is 0. The zero-order chi connectivity index (χ0) is 19.3. The summed E-state index contributed by atoms with van der Waals surface area (Å²) in [6.07, 6.45) is 12.1. The standard InChI is InChI=1S/C21H33N5O2/c27-19(14-22-21(28)16-8-3-1-4-9-16)25-12-7-10-17(15-25)20-24-23-18-11-5-2-6-13-26(18)20/h16-17H,1-15H2,(H,22,28). The Labute approximate surface area is 167 Å². The topological polar surface area (TPSA) is 80.1 Å². The summed E-state index contributed by atoms with van der Waals surface area (Å²) in [5, 5.41) is 11.8. The van der Waals surface area contributed by atoms with E-state index in [2.05, 4.69) is 20.1 Å². The predicted molar refractivity (Wildman–Crippen MR) is 106 cm³/mol. The van der Waals surface area contributed by atoms with Crippen LogP contribution in [0.15, 0.2) is 0 Å². The van der Waals surface area contributed by atoms with Crippen LogP contribution in [0.5, 0.6) is 0 Å². The van der Waals surface area contributed by atoms with Crippen LogP contribution in [-0.2, 0) is 22.6 Å². The highest BCUT2D eigenvalue weighted by Crippen LogP contribution is 2.28. The fraction of sp³-hybridized carbons (Fsp3) is 0.810. The van der Waals surface area contributed by atoms with Gasteiger partial charge in [0.15, 0.2) is 0 Å². The van der Waals surface area contributed by atoms with Crippen molar-refractivity contribution in [2.45, 2.75) is 83.1 Å². The molecule has 1 aromatic heterocycles. The first kappa shape index (κ1) is 19.4. The lowest BCUT2D eigenvalue weighted by atomic mass is 9.89. The normalized spacial score (nSPS) is 23.7. The Kier molecular flexibility index (Phi) is 6.27.